The van der Waals surface area contributed by atoms with Crippen LogP contribution in [0.5, 0.6) is 0 Å². The fourth-order valence-electron chi connectivity index (χ4n) is 9.79. The Bertz CT molecular complexity index is 1360. The lowest BCUT2D eigenvalue weighted by Gasteiger charge is -2.18. The summed E-state index contributed by atoms with van der Waals surface area (Å²) >= 11 is 0. The van der Waals surface area contributed by atoms with Gasteiger partial charge in [-0.15, -0.1) is 0 Å². The second-order valence-electron chi connectivity index (χ2n) is 22.4. The Kier molecular flexibility index (Phi) is 62.2. The summed E-state index contributed by atoms with van der Waals surface area (Å²) in [5.41, 5.74) is 0. The van der Waals surface area contributed by atoms with E-state index in [0.29, 0.717) is 19.3 Å². The van der Waals surface area contributed by atoms with Gasteiger partial charge in [0.15, 0.2) is 6.10 Å². The van der Waals surface area contributed by atoms with Crippen molar-refractivity contribution in [2.45, 2.75) is 354 Å². The fourth-order valence-corrected chi connectivity index (χ4v) is 9.79. The molecule has 0 aromatic heterocycles. The minimum absolute atomic E-state index is 0.0737. The van der Waals surface area contributed by atoms with E-state index in [2.05, 4.69) is 81.5 Å². The lowest BCUT2D eigenvalue weighted by atomic mass is 10.0. The van der Waals surface area contributed by atoms with Gasteiger partial charge in [0.1, 0.15) is 13.2 Å². The highest BCUT2D eigenvalue weighted by Gasteiger charge is 2.19. The zero-order valence-corrected chi connectivity index (χ0v) is 50.8. The van der Waals surface area contributed by atoms with Crippen molar-refractivity contribution in [1.82, 2.24) is 0 Å². The number of esters is 3. The van der Waals surface area contributed by atoms with Gasteiger partial charge in [-0.25, -0.2) is 0 Å². The van der Waals surface area contributed by atoms with E-state index in [0.717, 1.165) is 89.9 Å². The molecule has 442 valence electrons. The molecule has 0 saturated heterocycles. The zero-order chi connectivity index (χ0) is 55.0. The maximum absolute atomic E-state index is 12.9. The van der Waals surface area contributed by atoms with Crippen molar-refractivity contribution >= 4 is 17.9 Å². The largest absolute Gasteiger partial charge is 0.462 e. The Morgan fingerprint density at radius 1 is 0.276 bits per heavy atom. The molecule has 0 radical (unpaired) electrons. The predicted molar refractivity (Wildman–Crippen MR) is 330 cm³/mol. The van der Waals surface area contributed by atoms with Crippen molar-refractivity contribution in [1.29, 1.82) is 0 Å². The lowest BCUT2D eigenvalue weighted by Crippen LogP contribution is -2.30. The summed E-state index contributed by atoms with van der Waals surface area (Å²) in [6.45, 7) is 6.57. The molecule has 0 spiro atoms. The average Bonchev–Trinajstić information content (AvgIpc) is 3.42. The van der Waals surface area contributed by atoms with Gasteiger partial charge in [-0.1, -0.05) is 306 Å². The van der Waals surface area contributed by atoms with E-state index in [4.69, 9.17) is 14.2 Å². The molecule has 0 aliphatic carbocycles. The summed E-state index contributed by atoms with van der Waals surface area (Å²) in [4.78, 5) is 38.4. The Morgan fingerprint density at radius 2 is 0.513 bits per heavy atom. The molecule has 0 aliphatic rings. The summed E-state index contributed by atoms with van der Waals surface area (Å²) in [7, 11) is 0. The molecule has 0 heterocycles. The quantitative estimate of drug-likeness (QED) is 0.0261. The second-order valence-corrected chi connectivity index (χ2v) is 22.4. The van der Waals surface area contributed by atoms with Crippen molar-refractivity contribution in [3.63, 3.8) is 0 Å². The third-order valence-electron chi connectivity index (χ3n) is 14.8. The van der Waals surface area contributed by atoms with Gasteiger partial charge in [0.25, 0.3) is 0 Å². The minimum Gasteiger partial charge on any atom is -0.462 e. The number of unbranched alkanes of at least 4 members (excludes halogenated alkanes) is 40. The highest BCUT2D eigenvalue weighted by atomic mass is 16.6. The van der Waals surface area contributed by atoms with E-state index in [-0.39, 0.29) is 31.1 Å². The van der Waals surface area contributed by atoms with E-state index in [1.54, 1.807) is 0 Å². The lowest BCUT2D eigenvalue weighted by molar-refractivity contribution is -0.167. The van der Waals surface area contributed by atoms with E-state index < -0.39 is 6.10 Å². The number of ether oxygens (including phenoxy) is 3. The van der Waals surface area contributed by atoms with Crippen molar-refractivity contribution < 1.29 is 28.6 Å². The summed E-state index contributed by atoms with van der Waals surface area (Å²) in [5.74, 6) is -0.861. The van der Waals surface area contributed by atoms with Crippen molar-refractivity contribution in [3.05, 3.63) is 60.8 Å². The smallest absolute Gasteiger partial charge is 0.306 e. The highest BCUT2D eigenvalue weighted by molar-refractivity contribution is 5.71. The van der Waals surface area contributed by atoms with Gasteiger partial charge in [-0.3, -0.25) is 14.4 Å². The summed E-state index contributed by atoms with van der Waals surface area (Å²) in [6.07, 6.45) is 82.3. The first-order valence-electron chi connectivity index (χ1n) is 33.3. The van der Waals surface area contributed by atoms with Crippen LogP contribution in [0.15, 0.2) is 60.8 Å². The molecule has 1 atom stereocenters. The molecule has 0 N–H and O–H groups in total. The first kappa shape index (κ1) is 73.1. The normalized spacial score (nSPS) is 12.4. The van der Waals surface area contributed by atoms with Crippen LogP contribution in [0.25, 0.3) is 0 Å². The van der Waals surface area contributed by atoms with Crippen LogP contribution in [0.4, 0.5) is 0 Å². The van der Waals surface area contributed by atoms with Gasteiger partial charge in [0.2, 0.25) is 0 Å². The Balaban J connectivity index is 4.30. The van der Waals surface area contributed by atoms with Gasteiger partial charge in [0, 0.05) is 19.3 Å². The molecule has 6 heteroatoms. The molecule has 0 aromatic carbocycles. The molecular formula is C70H126O6. The maximum Gasteiger partial charge on any atom is 0.306 e. The highest BCUT2D eigenvalue weighted by Crippen LogP contribution is 2.17. The standard InChI is InChI=1S/C70H126O6/c1-4-7-10-13-16-19-22-25-28-30-32-33-34-35-36-37-38-40-42-45-48-51-54-57-60-63-69(72)75-66-67(65-74-68(71)62-59-56-53-50-47-44-41-27-24-21-18-15-12-9-6-3)76-70(73)64-61-58-55-52-49-46-43-39-31-29-26-23-20-17-14-11-8-5-2/h7,10,16,19,25,27-28,32-33,41,67H,4-6,8-9,11-15,17-18,20-24,26,29-31,34-40,42-66H2,1-3H3/b10-7-,19-16-,28-25-,33-32-,41-27-. The SMILES string of the molecule is CC/C=C\C/C=C\C/C=C\C/C=C\CCCCCCCCCCCCCCC(=O)OCC(COC(=O)CCCCCCC/C=C\CCCCCCCC)OC(=O)CCCCCCCCCCCCCCCCCCCC. The molecule has 0 saturated carbocycles. The Morgan fingerprint density at radius 3 is 0.816 bits per heavy atom. The molecule has 0 aromatic rings. The van der Waals surface area contributed by atoms with Crippen LogP contribution in [0.2, 0.25) is 0 Å². The average molecular weight is 1060 g/mol. The summed E-state index contributed by atoms with van der Waals surface area (Å²) in [6, 6.07) is 0. The second kappa shape index (κ2) is 64.6. The van der Waals surface area contributed by atoms with Crippen LogP contribution in [0.3, 0.4) is 0 Å². The van der Waals surface area contributed by atoms with Crippen molar-refractivity contribution in [2.75, 3.05) is 13.2 Å². The van der Waals surface area contributed by atoms with E-state index in [1.165, 1.54) is 218 Å². The topological polar surface area (TPSA) is 78.9 Å². The summed E-state index contributed by atoms with van der Waals surface area (Å²) in [5, 5.41) is 0. The first-order chi connectivity index (χ1) is 37.5. The van der Waals surface area contributed by atoms with Crippen LogP contribution in [0, 0.1) is 0 Å². The molecular weight excluding hydrogens is 937 g/mol. The number of rotatable bonds is 61. The van der Waals surface area contributed by atoms with E-state index in [9.17, 15) is 14.4 Å². The maximum atomic E-state index is 12.9. The molecule has 0 bridgehead atoms. The molecule has 0 fully saturated rings. The van der Waals surface area contributed by atoms with Crippen LogP contribution >= 0.6 is 0 Å². The molecule has 6 nitrogen and oxygen atoms in total. The van der Waals surface area contributed by atoms with E-state index >= 15 is 0 Å². The monoisotopic (exact) mass is 1060 g/mol. The zero-order valence-electron chi connectivity index (χ0n) is 50.8. The molecule has 0 aliphatic heterocycles. The Labute approximate surface area is 472 Å². The minimum atomic E-state index is -0.777. The first-order valence-corrected chi connectivity index (χ1v) is 33.3. The van der Waals surface area contributed by atoms with Crippen LogP contribution in [-0.2, 0) is 28.6 Å². The van der Waals surface area contributed by atoms with Gasteiger partial charge < -0.3 is 14.2 Å². The van der Waals surface area contributed by atoms with Crippen LogP contribution in [0.1, 0.15) is 348 Å². The van der Waals surface area contributed by atoms with Gasteiger partial charge in [-0.2, -0.15) is 0 Å². The molecule has 1 unspecified atom stereocenters. The Hall–Kier alpha value is -2.89. The number of allylic oxidation sites excluding steroid dienone is 10. The third-order valence-corrected chi connectivity index (χ3v) is 14.8. The van der Waals surface area contributed by atoms with Gasteiger partial charge in [-0.05, 0) is 83.5 Å². The third kappa shape index (κ3) is 62.0. The number of hydrogen-bond donors (Lipinski definition) is 0. The van der Waals surface area contributed by atoms with Gasteiger partial charge in [0.05, 0.1) is 0 Å². The number of carbonyl (C=O) groups is 3. The molecule has 76 heavy (non-hydrogen) atoms. The number of carbonyl (C=O) groups excluding carboxylic acids is 3. The van der Waals surface area contributed by atoms with Crippen LogP contribution in [-0.4, -0.2) is 37.2 Å². The fraction of sp³-hybridized carbons (Fsp3) is 0.814. The van der Waals surface area contributed by atoms with E-state index in [1.807, 2.05) is 0 Å². The van der Waals surface area contributed by atoms with Gasteiger partial charge >= 0.3 is 17.9 Å². The summed E-state index contributed by atoms with van der Waals surface area (Å²) < 4.78 is 17.0. The predicted octanol–water partition coefficient (Wildman–Crippen LogP) is 22.7. The van der Waals surface area contributed by atoms with Crippen molar-refractivity contribution in [3.8, 4) is 0 Å². The van der Waals surface area contributed by atoms with Crippen molar-refractivity contribution in [2.24, 2.45) is 0 Å². The number of hydrogen-bond acceptors (Lipinski definition) is 6. The van der Waals surface area contributed by atoms with Crippen LogP contribution < -0.4 is 0 Å². The molecule has 0 rings (SSSR count). The molecule has 0 amide bonds.